The second-order valence-electron chi connectivity index (χ2n) is 8.69. The number of esters is 1. The lowest BCUT2D eigenvalue weighted by Gasteiger charge is -2.14. The first kappa shape index (κ1) is 24.5. The quantitative estimate of drug-likeness (QED) is 0.391. The van der Waals surface area contributed by atoms with Gasteiger partial charge in [-0.2, -0.15) is 0 Å². The number of aromatic nitrogens is 2. The Balaban J connectivity index is 1.65. The number of hydrogen-bond acceptors (Lipinski definition) is 7. The first-order valence-corrected chi connectivity index (χ1v) is 12.7. The number of hydrogen-bond donors (Lipinski definition) is 1. The number of carbonyl (C=O) groups excluding carboxylic acids is 2. The van der Waals surface area contributed by atoms with Crippen LogP contribution in [0.25, 0.3) is 15.9 Å². The number of aryl methyl sites for hydroxylation is 2. The van der Waals surface area contributed by atoms with Crippen LogP contribution in [0, 0.1) is 0 Å². The summed E-state index contributed by atoms with van der Waals surface area (Å²) in [6.07, 6.45) is 3.56. The first-order chi connectivity index (χ1) is 17.9. The molecule has 4 aromatic rings. The van der Waals surface area contributed by atoms with Gasteiger partial charge in [0.2, 0.25) is 5.91 Å². The zero-order chi connectivity index (χ0) is 26.1. The highest BCUT2D eigenvalue weighted by Crippen LogP contribution is 2.34. The molecule has 0 radical (unpaired) electrons. The predicted octanol–water partition coefficient (Wildman–Crippen LogP) is 3.53. The number of ether oxygens (including phenoxy) is 2. The molecule has 190 valence electrons. The van der Waals surface area contributed by atoms with E-state index in [1.54, 1.807) is 48.5 Å². The normalized spacial score (nSPS) is 12.7. The van der Waals surface area contributed by atoms with Gasteiger partial charge in [-0.3, -0.25) is 14.2 Å². The van der Waals surface area contributed by atoms with Crippen molar-refractivity contribution in [2.45, 2.75) is 32.2 Å². The Bertz CT molecular complexity index is 1650. The molecular formula is C27H25N3O6S. The van der Waals surface area contributed by atoms with E-state index >= 15 is 0 Å². The van der Waals surface area contributed by atoms with Crippen LogP contribution in [-0.4, -0.2) is 35.2 Å². The minimum absolute atomic E-state index is 0.198. The van der Waals surface area contributed by atoms with E-state index in [4.69, 9.17) is 9.47 Å². The van der Waals surface area contributed by atoms with E-state index in [1.165, 1.54) is 30.1 Å². The van der Waals surface area contributed by atoms with Crippen molar-refractivity contribution >= 4 is 39.1 Å². The summed E-state index contributed by atoms with van der Waals surface area (Å²) in [5, 5.41) is 3.19. The molecule has 37 heavy (non-hydrogen) atoms. The van der Waals surface area contributed by atoms with E-state index in [9.17, 15) is 19.2 Å². The zero-order valence-electron chi connectivity index (χ0n) is 20.4. The van der Waals surface area contributed by atoms with Crippen LogP contribution >= 0.6 is 11.3 Å². The molecule has 1 N–H and O–H groups in total. The topological polar surface area (TPSA) is 109 Å². The van der Waals surface area contributed by atoms with E-state index in [1.807, 2.05) is 0 Å². The van der Waals surface area contributed by atoms with Crippen LogP contribution in [0.1, 0.15) is 33.6 Å². The number of nitrogens with zero attached hydrogens (tertiary/aromatic N) is 2. The number of benzene rings is 2. The highest BCUT2D eigenvalue weighted by atomic mass is 32.1. The maximum atomic E-state index is 13.8. The van der Waals surface area contributed by atoms with Crippen LogP contribution in [0.5, 0.6) is 5.75 Å². The number of amides is 1. The van der Waals surface area contributed by atoms with Gasteiger partial charge in [0, 0.05) is 10.9 Å². The highest BCUT2D eigenvalue weighted by Gasteiger charge is 2.25. The van der Waals surface area contributed by atoms with Crippen molar-refractivity contribution in [2.24, 2.45) is 0 Å². The maximum absolute atomic E-state index is 13.8. The number of nitrogens with one attached hydrogen (secondary N) is 1. The van der Waals surface area contributed by atoms with Crippen molar-refractivity contribution in [1.82, 2.24) is 9.13 Å². The fraction of sp³-hybridized carbons (Fsp3) is 0.259. The second kappa shape index (κ2) is 10.1. The Kier molecular flexibility index (Phi) is 6.66. The number of para-hydroxylation sites is 1. The lowest BCUT2D eigenvalue weighted by atomic mass is 9.97. The third-order valence-corrected chi connectivity index (χ3v) is 7.77. The van der Waals surface area contributed by atoms with Crippen molar-refractivity contribution in [3.05, 3.63) is 85.4 Å². The van der Waals surface area contributed by atoms with Crippen molar-refractivity contribution < 1.29 is 19.1 Å². The largest absolute Gasteiger partial charge is 0.497 e. The van der Waals surface area contributed by atoms with E-state index in [0.717, 1.165) is 40.7 Å². The van der Waals surface area contributed by atoms with Crippen molar-refractivity contribution in [2.75, 3.05) is 19.5 Å². The summed E-state index contributed by atoms with van der Waals surface area (Å²) in [6, 6.07) is 13.2. The molecule has 0 saturated heterocycles. The van der Waals surface area contributed by atoms with Crippen LogP contribution in [0.2, 0.25) is 0 Å². The van der Waals surface area contributed by atoms with Crippen LogP contribution in [0.15, 0.2) is 58.1 Å². The van der Waals surface area contributed by atoms with Crippen LogP contribution in [-0.2, 0) is 28.9 Å². The molecule has 2 aromatic heterocycles. The average Bonchev–Trinajstić information content (AvgIpc) is 3.31. The minimum atomic E-state index is -0.624. The van der Waals surface area contributed by atoms with Gasteiger partial charge in [0.15, 0.2) is 0 Å². The van der Waals surface area contributed by atoms with E-state index in [0.29, 0.717) is 21.7 Å². The van der Waals surface area contributed by atoms with Gasteiger partial charge in [-0.05, 0) is 55.5 Å². The summed E-state index contributed by atoms with van der Waals surface area (Å²) in [5.41, 5.74) is 0.760. The fourth-order valence-corrected chi connectivity index (χ4v) is 6.07. The Morgan fingerprint density at radius 2 is 1.81 bits per heavy atom. The summed E-state index contributed by atoms with van der Waals surface area (Å²) >= 11 is 1.40. The third kappa shape index (κ3) is 4.44. The molecule has 0 fully saturated rings. The molecule has 0 saturated carbocycles. The molecule has 2 heterocycles. The molecular weight excluding hydrogens is 494 g/mol. The molecule has 9 nitrogen and oxygen atoms in total. The molecule has 1 aliphatic rings. The number of methoxy groups -OCH3 is 2. The van der Waals surface area contributed by atoms with Gasteiger partial charge in [-0.1, -0.05) is 18.2 Å². The standard InChI is InChI=1S/C27H25N3O6S/c1-35-17-9-7-8-16(14-17)30-24(32)23-19-11-4-6-13-21(19)37-25(23)29(27(30)34)15-22(31)28-20-12-5-3-10-18(20)26(33)36-2/h3,5,7-10,12,14H,4,6,11,13,15H2,1-2H3,(H,28,31). The molecule has 0 spiro atoms. The lowest BCUT2D eigenvalue weighted by molar-refractivity contribution is -0.116. The maximum Gasteiger partial charge on any atom is 0.339 e. The molecule has 0 unspecified atom stereocenters. The van der Waals surface area contributed by atoms with Crippen LogP contribution in [0.3, 0.4) is 0 Å². The average molecular weight is 520 g/mol. The Hall–Kier alpha value is -4.18. The smallest absolute Gasteiger partial charge is 0.339 e. The molecule has 0 bridgehead atoms. The number of fused-ring (bicyclic) bond motifs is 3. The SMILES string of the molecule is COC(=O)c1ccccc1NC(=O)Cn1c(=O)n(-c2cccc(OC)c2)c(=O)c2c3c(sc21)CCCC3. The van der Waals surface area contributed by atoms with E-state index in [-0.39, 0.29) is 17.8 Å². The van der Waals surface area contributed by atoms with E-state index < -0.39 is 23.1 Å². The summed E-state index contributed by atoms with van der Waals surface area (Å²) in [5.74, 6) is -0.602. The van der Waals surface area contributed by atoms with Gasteiger partial charge in [0.1, 0.15) is 17.1 Å². The van der Waals surface area contributed by atoms with Gasteiger partial charge in [-0.15, -0.1) is 11.3 Å². The molecule has 2 aromatic carbocycles. The third-order valence-electron chi connectivity index (χ3n) is 6.46. The summed E-state index contributed by atoms with van der Waals surface area (Å²) in [4.78, 5) is 54.4. The zero-order valence-corrected chi connectivity index (χ0v) is 21.2. The summed E-state index contributed by atoms with van der Waals surface area (Å²) in [7, 11) is 2.77. The van der Waals surface area contributed by atoms with Gasteiger partial charge in [0.05, 0.1) is 36.5 Å². The lowest BCUT2D eigenvalue weighted by Crippen LogP contribution is -2.40. The van der Waals surface area contributed by atoms with Crippen molar-refractivity contribution in [1.29, 1.82) is 0 Å². The van der Waals surface area contributed by atoms with Gasteiger partial charge >= 0.3 is 11.7 Å². The van der Waals surface area contributed by atoms with Gasteiger partial charge in [0.25, 0.3) is 5.56 Å². The summed E-state index contributed by atoms with van der Waals surface area (Å²) < 4.78 is 12.5. The first-order valence-electron chi connectivity index (χ1n) is 11.8. The van der Waals surface area contributed by atoms with Gasteiger partial charge < -0.3 is 14.8 Å². The van der Waals surface area contributed by atoms with Crippen molar-refractivity contribution in [3.8, 4) is 11.4 Å². The molecule has 0 aliphatic heterocycles. The predicted molar refractivity (Wildman–Crippen MR) is 141 cm³/mol. The number of anilines is 1. The second-order valence-corrected chi connectivity index (χ2v) is 9.77. The molecule has 10 heteroatoms. The minimum Gasteiger partial charge on any atom is -0.497 e. The highest BCUT2D eigenvalue weighted by molar-refractivity contribution is 7.18. The fourth-order valence-electron chi connectivity index (χ4n) is 4.70. The number of thiophene rings is 1. The Morgan fingerprint density at radius 1 is 1.03 bits per heavy atom. The molecule has 0 atom stereocenters. The number of rotatable bonds is 6. The van der Waals surface area contributed by atoms with Crippen molar-refractivity contribution in [3.63, 3.8) is 0 Å². The Labute approximate surface area is 215 Å². The molecule has 1 amide bonds. The van der Waals surface area contributed by atoms with Crippen LogP contribution < -0.4 is 21.3 Å². The molecule has 5 rings (SSSR count). The monoisotopic (exact) mass is 519 g/mol. The Morgan fingerprint density at radius 3 is 2.59 bits per heavy atom. The van der Waals surface area contributed by atoms with Gasteiger partial charge in [-0.25, -0.2) is 14.2 Å². The summed E-state index contributed by atoms with van der Waals surface area (Å²) in [6.45, 7) is -0.339. The van der Waals surface area contributed by atoms with Crippen LogP contribution in [0.4, 0.5) is 5.69 Å². The van der Waals surface area contributed by atoms with E-state index in [2.05, 4.69) is 5.32 Å². The number of carbonyl (C=O) groups is 2. The molecule has 1 aliphatic carbocycles.